The lowest BCUT2D eigenvalue weighted by molar-refractivity contribution is -0.0258. The Kier molecular flexibility index (Phi) is 3.97. The van der Waals surface area contributed by atoms with E-state index in [1.807, 2.05) is 0 Å². The van der Waals surface area contributed by atoms with Crippen molar-refractivity contribution in [3.05, 3.63) is 28.2 Å². The molecule has 0 fully saturated rings. The Morgan fingerprint density at radius 2 is 1.67 bits per heavy atom. The molecule has 84 valence electrons. The van der Waals surface area contributed by atoms with E-state index in [-0.39, 0.29) is 14.9 Å². The van der Waals surface area contributed by atoms with Gasteiger partial charge in [-0.3, -0.25) is 4.84 Å². The third-order valence-electron chi connectivity index (χ3n) is 1.73. The normalized spacial score (nSPS) is 12.1. The number of hydroxylamine groups is 1. The molecule has 0 unspecified atom stereocenters. The molecule has 0 bridgehead atoms. The van der Waals surface area contributed by atoms with E-state index in [0.717, 1.165) is 4.47 Å². The summed E-state index contributed by atoms with van der Waals surface area (Å²) in [6.45, 7) is 0. The molecule has 4 nitrogen and oxygen atoms in total. The van der Waals surface area contributed by atoms with Gasteiger partial charge in [0.1, 0.15) is 0 Å². The topological polar surface area (TPSA) is 46.6 Å². The second-order valence-electron chi connectivity index (χ2n) is 2.70. The Morgan fingerprint density at radius 3 is 2.07 bits per heavy atom. The molecule has 0 N–H and O–H groups in total. The Balaban J connectivity index is 3.27. The Hall–Kier alpha value is -0.330. The van der Waals surface area contributed by atoms with Crippen molar-refractivity contribution >= 4 is 33.2 Å². The predicted octanol–water partition coefficient (Wildman–Crippen LogP) is 2.18. The lowest BCUT2D eigenvalue weighted by Gasteiger charge is -2.14. The molecule has 0 aromatic heterocycles. The van der Waals surface area contributed by atoms with E-state index in [0.29, 0.717) is 0 Å². The summed E-state index contributed by atoms with van der Waals surface area (Å²) in [6, 6.07) is 4.06. The van der Waals surface area contributed by atoms with Gasteiger partial charge in [-0.05, 0) is 18.2 Å². The molecular weight excluding hydrogens is 261 g/mol. The fraction of sp³-hybridized carbons (Fsp3) is 0.250. The van der Waals surface area contributed by atoms with Gasteiger partial charge in [0.25, 0.3) is 10.0 Å². The standard InChI is InChI=1S/C8H9Cl2NO3S/c1-11(14-2)15(12,13)8-4-6(9)3-7(10)5-8/h3-5H,1-2H3. The van der Waals surface area contributed by atoms with E-state index in [1.165, 1.54) is 32.4 Å². The van der Waals surface area contributed by atoms with Crippen molar-refractivity contribution in [2.75, 3.05) is 14.2 Å². The number of rotatable bonds is 3. The number of hydrogen-bond donors (Lipinski definition) is 0. The quantitative estimate of drug-likeness (QED) is 0.791. The molecular formula is C8H9Cl2NO3S. The van der Waals surface area contributed by atoms with Gasteiger partial charge < -0.3 is 0 Å². The molecule has 1 aromatic carbocycles. The van der Waals surface area contributed by atoms with Gasteiger partial charge in [-0.25, -0.2) is 8.42 Å². The minimum Gasteiger partial charge on any atom is -0.288 e. The summed E-state index contributed by atoms with van der Waals surface area (Å²) < 4.78 is 24.2. The van der Waals surface area contributed by atoms with E-state index >= 15 is 0 Å². The number of halogens is 2. The monoisotopic (exact) mass is 269 g/mol. The number of sulfonamides is 1. The molecule has 0 heterocycles. The smallest absolute Gasteiger partial charge is 0.264 e. The summed E-state index contributed by atoms with van der Waals surface area (Å²) in [4.78, 5) is 4.60. The van der Waals surface area contributed by atoms with Gasteiger partial charge in [-0.15, -0.1) is 0 Å². The van der Waals surface area contributed by atoms with Crippen LogP contribution in [0.4, 0.5) is 0 Å². The lowest BCUT2D eigenvalue weighted by Crippen LogP contribution is -2.25. The van der Waals surface area contributed by atoms with Crippen molar-refractivity contribution < 1.29 is 13.3 Å². The fourth-order valence-electron chi connectivity index (χ4n) is 0.924. The van der Waals surface area contributed by atoms with E-state index < -0.39 is 10.0 Å². The molecule has 0 saturated heterocycles. The highest BCUT2D eigenvalue weighted by Crippen LogP contribution is 2.24. The summed E-state index contributed by atoms with van der Waals surface area (Å²) >= 11 is 11.4. The van der Waals surface area contributed by atoms with Crippen LogP contribution in [0.2, 0.25) is 10.0 Å². The zero-order valence-corrected chi connectivity index (χ0v) is 10.4. The molecule has 7 heteroatoms. The van der Waals surface area contributed by atoms with Crippen LogP contribution in [0.3, 0.4) is 0 Å². The van der Waals surface area contributed by atoms with Crippen LogP contribution < -0.4 is 0 Å². The van der Waals surface area contributed by atoms with Crippen LogP contribution in [-0.2, 0) is 14.9 Å². The molecule has 0 amide bonds. The Labute approximate surface area is 98.4 Å². The van der Waals surface area contributed by atoms with Gasteiger partial charge in [0, 0.05) is 17.1 Å². The first-order valence-electron chi connectivity index (χ1n) is 3.87. The lowest BCUT2D eigenvalue weighted by atomic mass is 10.4. The Morgan fingerprint density at radius 1 is 1.20 bits per heavy atom. The first-order valence-corrected chi connectivity index (χ1v) is 6.06. The summed E-state index contributed by atoms with van der Waals surface area (Å²) in [7, 11) is -1.16. The fourth-order valence-corrected chi connectivity index (χ4v) is 2.62. The first-order chi connectivity index (χ1) is 6.87. The SMILES string of the molecule is CON(C)S(=O)(=O)c1cc(Cl)cc(Cl)c1. The number of benzene rings is 1. The van der Waals surface area contributed by atoms with Crippen LogP contribution in [0.15, 0.2) is 23.1 Å². The van der Waals surface area contributed by atoms with Gasteiger partial charge in [0.15, 0.2) is 0 Å². The highest BCUT2D eigenvalue weighted by Gasteiger charge is 2.21. The number of hydrogen-bond acceptors (Lipinski definition) is 3. The molecule has 0 aliphatic heterocycles. The Bertz CT molecular complexity index is 441. The molecule has 0 aliphatic rings. The maximum absolute atomic E-state index is 11.8. The average molecular weight is 270 g/mol. The third kappa shape index (κ3) is 2.83. The first kappa shape index (κ1) is 12.7. The number of nitrogens with zero attached hydrogens (tertiary/aromatic N) is 1. The van der Waals surface area contributed by atoms with Crippen LogP contribution in [-0.4, -0.2) is 27.0 Å². The largest absolute Gasteiger partial charge is 0.288 e. The van der Waals surface area contributed by atoms with Gasteiger partial charge in [-0.1, -0.05) is 27.7 Å². The van der Waals surface area contributed by atoms with Crippen molar-refractivity contribution in [3.8, 4) is 0 Å². The molecule has 0 radical (unpaired) electrons. The second kappa shape index (κ2) is 4.67. The summed E-state index contributed by atoms with van der Waals surface area (Å²) in [5.74, 6) is 0. The summed E-state index contributed by atoms with van der Waals surface area (Å²) in [5, 5.41) is 0.510. The minimum atomic E-state index is -3.69. The van der Waals surface area contributed by atoms with Crippen LogP contribution in [0.5, 0.6) is 0 Å². The summed E-state index contributed by atoms with van der Waals surface area (Å²) in [5.41, 5.74) is 0. The highest BCUT2D eigenvalue weighted by atomic mass is 35.5. The maximum Gasteiger partial charge on any atom is 0.264 e. The van der Waals surface area contributed by atoms with Crippen molar-refractivity contribution in [2.24, 2.45) is 0 Å². The van der Waals surface area contributed by atoms with Crippen LogP contribution in [0, 0.1) is 0 Å². The van der Waals surface area contributed by atoms with Crippen LogP contribution in [0.1, 0.15) is 0 Å². The molecule has 15 heavy (non-hydrogen) atoms. The van der Waals surface area contributed by atoms with Crippen molar-refractivity contribution in [1.82, 2.24) is 4.47 Å². The highest BCUT2D eigenvalue weighted by molar-refractivity contribution is 7.89. The van der Waals surface area contributed by atoms with E-state index in [9.17, 15) is 8.42 Å². The molecule has 0 saturated carbocycles. The second-order valence-corrected chi connectivity index (χ2v) is 5.51. The van der Waals surface area contributed by atoms with E-state index in [1.54, 1.807) is 0 Å². The van der Waals surface area contributed by atoms with E-state index in [4.69, 9.17) is 23.2 Å². The van der Waals surface area contributed by atoms with Crippen molar-refractivity contribution in [2.45, 2.75) is 4.90 Å². The zero-order valence-electron chi connectivity index (χ0n) is 8.07. The summed E-state index contributed by atoms with van der Waals surface area (Å²) in [6.07, 6.45) is 0. The van der Waals surface area contributed by atoms with Gasteiger partial charge in [0.05, 0.1) is 12.0 Å². The third-order valence-corrected chi connectivity index (χ3v) is 3.82. The molecule has 0 aliphatic carbocycles. The molecule has 0 atom stereocenters. The van der Waals surface area contributed by atoms with Crippen LogP contribution in [0.25, 0.3) is 0 Å². The molecule has 1 rings (SSSR count). The zero-order chi connectivity index (χ0) is 11.6. The van der Waals surface area contributed by atoms with Gasteiger partial charge >= 0.3 is 0 Å². The maximum atomic E-state index is 11.8. The molecule has 0 spiro atoms. The van der Waals surface area contributed by atoms with Gasteiger partial charge in [-0.2, -0.15) is 0 Å². The average Bonchev–Trinajstić information content (AvgIpc) is 2.15. The van der Waals surface area contributed by atoms with Crippen molar-refractivity contribution in [3.63, 3.8) is 0 Å². The molecule has 1 aromatic rings. The van der Waals surface area contributed by atoms with Crippen molar-refractivity contribution in [1.29, 1.82) is 0 Å². The minimum absolute atomic E-state index is 0.00986. The van der Waals surface area contributed by atoms with Crippen LogP contribution >= 0.6 is 23.2 Å². The van der Waals surface area contributed by atoms with E-state index in [2.05, 4.69) is 4.84 Å². The van der Waals surface area contributed by atoms with Gasteiger partial charge in [0.2, 0.25) is 0 Å². The predicted molar refractivity (Wildman–Crippen MR) is 58.4 cm³/mol.